The SMILES string of the molecule is O=C(Nc1ccc(-c2nc3ccccc3[nH]2)cc1)C1CCCN(Cc2ccon2)C1. The maximum absolute atomic E-state index is 12.8. The molecular formula is C23H23N5O2. The number of para-hydroxylation sites is 2. The first-order valence-electron chi connectivity index (χ1n) is 10.2. The van der Waals surface area contributed by atoms with Crippen LogP contribution in [0.25, 0.3) is 22.4 Å². The van der Waals surface area contributed by atoms with E-state index < -0.39 is 0 Å². The number of likely N-dealkylation sites (tertiary alicyclic amines) is 1. The molecular weight excluding hydrogens is 378 g/mol. The molecule has 1 amide bonds. The van der Waals surface area contributed by atoms with E-state index in [-0.39, 0.29) is 11.8 Å². The zero-order valence-corrected chi connectivity index (χ0v) is 16.5. The number of carbonyl (C=O) groups excluding carboxylic acids is 1. The number of nitrogens with zero attached hydrogens (tertiary/aromatic N) is 3. The molecule has 1 aliphatic rings. The third kappa shape index (κ3) is 3.97. The monoisotopic (exact) mass is 401 g/mol. The minimum absolute atomic E-state index is 0.0271. The zero-order valence-electron chi connectivity index (χ0n) is 16.5. The first-order chi connectivity index (χ1) is 14.7. The molecule has 0 saturated carbocycles. The van der Waals surface area contributed by atoms with E-state index in [4.69, 9.17) is 4.52 Å². The molecule has 3 heterocycles. The van der Waals surface area contributed by atoms with Crippen molar-refractivity contribution < 1.29 is 9.32 Å². The Kier molecular flexibility index (Phi) is 5.03. The minimum Gasteiger partial charge on any atom is -0.364 e. The smallest absolute Gasteiger partial charge is 0.228 e. The lowest BCUT2D eigenvalue weighted by molar-refractivity contribution is -0.121. The van der Waals surface area contributed by atoms with E-state index in [0.717, 1.165) is 59.7 Å². The quantitative estimate of drug-likeness (QED) is 0.526. The second-order valence-electron chi connectivity index (χ2n) is 7.73. The highest BCUT2D eigenvalue weighted by Crippen LogP contribution is 2.24. The number of imidazole rings is 1. The summed E-state index contributed by atoms with van der Waals surface area (Å²) in [5.74, 6) is 0.863. The van der Waals surface area contributed by atoms with Crippen LogP contribution in [0.2, 0.25) is 0 Å². The van der Waals surface area contributed by atoms with Gasteiger partial charge in [0, 0.05) is 30.4 Å². The molecule has 7 nitrogen and oxygen atoms in total. The first-order valence-corrected chi connectivity index (χ1v) is 10.2. The van der Waals surface area contributed by atoms with Gasteiger partial charge in [0.15, 0.2) is 0 Å². The van der Waals surface area contributed by atoms with E-state index >= 15 is 0 Å². The summed E-state index contributed by atoms with van der Waals surface area (Å²) < 4.78 is 4.91. The Labute approximate surface area is 174 Å². The number of hydrogen-bond donors (Lipinski definition) is 2. The highest BCUT2D eigenvalue weighted by molar-refractivity contribution is 5.93. The Hall–Kier alpha value is -3.45. The molecule has 1 saturated heterocycles. The highest BCUT2D eigenvalue weighted by atomic mass is 16.5. The van der Waals surface area contributed by atoms with Crippen LogP contribution in [-0.4, -0.2) is 39.0 Å². The zero-order chi connectivity index (χ0) is 20.3. The minimum atomic E-state index is -0.0271. The van der Waals surface area contributed by atoms with Crippen LogP contribution in [0.4, 0.5) is 5.69 Å². The molecule has 5 rings (SSSR count). The van der Waals surface area contributed by atoms with Gasteiger partial charge in [-0.25, -0.2) is 4.98 Å². The summed E-state index contributed by atoms with van der Waals surface area (Å²) in [4.78, 5) is 23.0. The number of benzene rings is 2. The Morgan fingerprint density at radius 3 is 2.83 bits per heavy atom. The highest BCUT2D eigenvalue weighted by Gasteiger charge is 2.26. The summed E-state index contributed by atoms with van der Waals surface area (Å²) in [6, 6.07) is 17.6. The second-order valence-corrected chi connectivity index (χ2v) is 7.73. The predicted molar refractivity (Wildman–Crippen MR) is 115 cm³/mol. The number of anilines is 1. The average molecular weight is 401 g/mol. The van der Waals surface area contributed by atoms with Crippen LogP contribution in [0.15, 0.2) is 65.4 Å². The lowest BCUT2D eigenvalue weighted by atomic mass is 9.97. The largest absolute Gasteiger partial charge is 0.364 e. The number of fused-ring (bicyclic) bond motifs is 1. The molecule has 2 N–H and O–H groups in total. The lowest BCUT2D eigenvalue weighted by Crippen LogP contribution is -2.40. The molecule has 1 aliphatic heterocycles. The molecule has 1 atom stereocenters. The maximum Gasteiger partial charge on any atom is 0.228 e. The Morgan fingerprint density at radius 1 is 1.17 bits per heavy atom. The second kappa shape index (κ2) is 8.12. The molecule has 1 unspecified atom stereocenters. The number of carbonyl (C=O) groups is 1. The molecule has 152 valence electrons. The Balaban J connectivity index is 1.22. The maximum atomic E-state index is 12.8. The molecule has 1 fully saturated rings. The van der Waals surface area contributed by atoms with Crippen molar-refractivity contribution in [3.05, 3.63) is 66.6 Å². The van der Waals surface area contributed by atoms with Gasteiger partial charge in [-0.05, 0) is 55.8 Å². The number of aromatic amines is 1. The third-order valence-corrected chi connectivity index (χ3v) is 5.57. The number of H-pyrrole nitrogens is 1. The van der Waals surface area contributed by atoms with Crippen LogP contribution >= 0.6 is 0 Å². The summed E-state index contributed by atoms with van der Waals surface area (Å²) in [7, 11) is 0. The fourth-order valence-electron chi connectivity index (χ4n) is 4.01. The molecule has 2 aromatic carbocycles. The summed E-state index contributed by atoms with van der Waals surface area (Å²) >= 11 is 0. The van der Waals surface area contributed by atoms with Crippen molar-refractivity contribution in [1.29, 1.82) is 0 Å². The number of amides is 1. The van der Waals surface area contributed by atoms with E-state index in [1.807, 2.05) is 54.6 Å². The topological polar surface area (TPSA) is 87.0 Å². The predicted octanol–water partition coefficient (Wildman–Crippen LogP) is 4.07. The Bertz CT molecular complexity index is 1100. The van der Waals surface area contributed by atoms with Crippen LogP contribution in [-0.2, 0) is 11.3 Å². The van der Waals surface area contributed by atoms with Gasteiger partial charge in [0.25, 0.3) is 0 Å². The van der Waals surface area contributed by atoms with E-state index in [1.54, 1.807) is 6.26 Å². The average Bonchev–Trinajstić information content (AvgIpc) is 3.44. The molecule has 2 aromatic heterocycles. The summed E-state index contributed by atoms with van der Waals surface area (Å²) in [5, 5.41) is 7.04. The van der Waals surface area contributed by atoms with Crippen molar-refractivity contribution >= 4 is 22.6 Å². The van der Waals surface area contributed by atoms with Gasteiger partial charge in [-0.1, -0.05) is 17.3 Å². The van der Waals surface area contributed by atoms with Gasteiger partial charge >= 0.3 is 0 Å². The van der Waals surface area contributed by atoms with Gasteiger partial charge in [-0.3, -0.25) is 9.69 Å². The van der Waals surface area contributed by atoms with Crippen molar-refractivity contribution in [2.45, 2.75) is 19.4 Å². The van der Waals surface area contributed by atoms with Crippen molar-refractivity contribution in [1.82, 2.24) is 20.0 Å². The van der Waals surface area contributed by atoms with Crippen LogP contribution < -0.4 is 5.32 Å². The van der Waals surface area contributed by atoms with Crippen molar-refractivity contribution in [2.24, 2.45) is 5.92 Å². The van der Waals surface area contributed by atoms with Crippen LogP contribution in [0, 0.1) is 5.92 Å². The van der Waals surface area contributed by atoms with Gasteiger partial charge < -0.3 is 14.8 Å². The Morgan fingerprint density at radius 2 is 2.03 bits per heavy atom. The molecule has 0 aliphatic carbocycles. The fourth-order valence-corrected chi connectivity index (χ4v) is 4.01. The number of rotatable bonds is 5. The van der Waals surface area contributed by atoms with Gasteiger partial charge in [-0.15, -0.1) is 0 Å². The van der Waals surface area contributed by atoms with Crippen LogP contribution in [0.3, 0.4) is 0 Å². The van der Waals surface area contributed by atoms with Crippen molar-refractivity contribution in [3.63, 3.8) is 0 Å². The molecule has 0 radical (unpaired) electrons. The summed E-state index contributed by atoms with van der Waals surface area (Å²) in [6.07, 6.45) is 3.48. The normalized spacial score (nSPS) is 17.3. The number of piperidine rings is 1. The van der Waals surface area contributed by atoms with E-state index in [0.29, 0.717) is 6.54 Å². The van der Waals surface area contributed by atoms with Crippen molar-refractivity contribution in [2.75, 3.05) is 18.4 Å². The van der Waals surface area contributed by atoms with E-state index in [2.05, 4.69) is 25.3 Å². The standard InChI is InChI=1S/C23H23N5O2/c29-23(17-4-3-12-28(14-17)15-19-11-13-30-27-19)24-18-9-7-16(8-10-18)22-25-20-5-1-2-6-21(20)26-22/h1-2,5-11,13,17H,3-4,12,14-15H2,(H,24,29)(H,25,26). The lowest BCUT2D eigenvalue weighted by Gasteiger charge is -2.31. The van der Waals surface area contributed by atoms with Crippen molar-refractivity contribution in [3.8, 4) is 11.4 Å². The number of aromatic nitrogens is 3. The third-order valence-electron chi connectivity index (χ3n) is 5.57. The van der Waals surface area contributed by atoms with Gasteiger partial charge in [0.2, 0.25) is 5.91 Å². The molecule has 0 spiro atoms. The number of nitrogens with one attached hydrogen (secondary N) is 2. The molecule has 4 aromatic rings. The molecule has 30 heavy (non-hydrogen) atoms. The summed E-state index contributed by atoms with van der Waals surface area (Å²) in [6.45, 7) is 2.42. The van der Waals surface area contributed by atoms with Gasteiger partial charge in [-0.2, -0.15) is 0 Å². The van der Waals surface area contributed by atoms with Gasteiger partial charge in [0.1, 0.15) is 12.1 Å². The molecule has 7 heteroatoms. The van der Waals surface area contributed by atoms with Crippen LogP contribution in [0.1, 0.15) is 18.5 Å². The van der Waals surface area contributed by atoms with E-state index in [1.165, 1.54) is 0 Å². The van der Waals surface area contributed by atoms with Crippen LogP contribution in [0.5, 0.6) is 0 Å². The summed E-state index contributed by atoms with van der Waals surface area (Å²) in [5.41, 5.74) is 4.64. The molecule has 0 bridgehead atoms. The van der Waals surface area contributed by atoms with Gasteiger partial charge in [0.05, 0.1) is 22.6 Å². The number of hydrogen-bond acceptors (Lipinski definition) is 5. The fraction of sp³-hybridized carbons (Fsp3) is 0.261. The first kappa shape index (κ1) is 18.6. The van der Waals surface area contributed by atoms with E-state index in [9.17, 15) is 4.79 Å².